The van der Waals surface area contributed by atoms with Gasteiger partial charge in [0.25, 0.3) is 0 Å². The highest BCUT2D eigenvalue weighted by atomic mass is 16.7. The molecule has 0 saturated carbocycles. The predicted octanol–water partition coefficient (Wildman–Crippen LogP) is 2.01. The summed E-state index contributed by atoms with van der Waals surface area (Å²) in [4.78, 5) is 10.8. The first-order valence-corrected chi connectivity index (χ1v) is 7.62. The van der Waals surface area contributed by atoms with Crippen molar-refractivity contribution in [1.29, 1.82) is 0 Å². The lowest BCUT2D eigenvalue weighted by Crippen LogP contribution is -2.47. The van der Waals surface area contributed by atoms with Gasteiger partial charge in [0, 0.05) is 12.3 Å². The monoisotopic (exact) mass is 308 g/mol. The van der Waals surface area contributed by atoms with Gasteiger partial charge >= 0.3 is 5.97 Å². The van der Waals surface area contributed by atoms with Crippen LogP contribution in [-0.4, -0.2) is 41.3 Å². The van der Waals surface area contributed by atoms with Crippen molar-refractivity contribution in [2.45, 2.75) is 45.0 Å². The van der Waals surface area contributed by atoms with Crippen molar-refractivity contribution < 1.29 is 24.5 Å². The van der Waals surface area contributed by atoms with Crippen LogP contribution < -0.4 is 0 Å². The van der Waals surface area contributed by atoms with Crippen LogP contribution in [0.3, 0.4) is 0 Å². The highest BCUT2D eigenvalue weighted by Crippen LogP contribution is 2.29. The van der Waals surface area contributed by atoms with Crippen LogP contribution in [0.25, 0.3) is 0 Å². The molecule has 122 valence electrons. The molecular formula is C17H24O5. The summed E-state index contributed by atoms with van der Waals surface area (Å²) in [6.07, 6.45) is 1.06. The van der Waals surface area contributed by atoms with E-state index in [1.54, 1.807) is 0 Å². The SMILES string of the molecule is CC1(C)OCC(Cc2ccccc2CCC(=O)O)C(CO)O1. The number of aliphatic hydroxyl groups is 1. The predicted molar refractivity (Wildman–Crippen MR) is 81.6 cm³/mol. The number of benzene rings is 1. The number of aliphatic hydroxyl groups excluding tert-OH is 1. The Hall–Kier alpha value is -1.43. The Balaban J connectivity index is 2.08. The Morgan fingerprint density at radius 3 is 2.64 bits per heavy atom. The third-order valence-electron chi connectivity index (χ3n) is 3.99. The van der Waals surface area contributed by atoms with E-state index in [1.165, 1.54) is 0 Å². The van der Waals surface area contributed by atoms with Gasteiger partial charge in [-0.15, -0.1) is 0 Å². The molecule has 0 aromatic heterocycles. The normalized spacial score (nSPS) is 24.1. The average Bonchev–Trinajstić information content (AvgIpc) is 2.47. The van der Waals surface area contributed by atoms with E-state index in [9.17, 15) is 9.90 Å². The van der Waals surface area contributed by atoms with Crippen molar-refractivity contribution in [3.8, 4) is 0 Å². The minimum Gasteiger partial charge on any atom is -0.481 e. The number of ether oxygens (including phenoxy) is 2. The molecule has 1 aromatic rings. The molecule has 1 saturated heterocycles. The zero-order valence-electron chi connectivity index (χ0n) is 13.1. The van der Waals surface area contributed by atoms with Gasteiger partial charge in [-0.1, -0.05) is 24.3 Å². The minimum atomic E-state index is -0.797. The van der Waals surface area contributed by atoms with E-state index >= 15 is 0 Å². The van der Waals surface area contributed by atoms with Gasteiger partial charge in [-0.25, -0.2) is 0 Å². The Morgan fingerprint density at radius 2 is 2.00 bits per heavy atom. The summed E-state index contributed by atoms with van der Waals surface area (Å²) in [7, 11) is 0. The smallest absolute Gasteiger partial charge is 0.303 e. The quantitative estimate of drug-likeness (QED) is 0.840. The van der Waals surface area contributed by atoms with E-state index in [1.807, 2.05) is 38.1 Å². The molecule has 0 bridgehead atoms. The van der Waals surface area contributed by atoms with Gasteiger partial charge < -0.3 is 19.7 Å². The van der Waals surface area contributed by atoms with Gasteiger partial charge in [-0.3, -0.25) is 4.79 Å². The first-order chi connectivity index (χ1) is 10.4. The summed E-state index contributed by atoms with van der Waals surface area (Å²) in [5.41, 5.74) is 2.13. The number of hydrogen-bond donors (Lipinski definition) is 2. The number of aliphatic carboxylic acids is 1. The van der Waals surface area contributed by atoms with Gasteiger partial charge in [0.2, 0.25) is 0 Å². The maximum Gasteiger partial charge on any atom is 0.303 e. The van der Waals surface area contributed by atoms with Crippen molar-refractivity contribution in [3.63, 3.8) is 0 Å². The molecular weight excluding hydrogens is 284 g/mol. The zero-order chi connectivity index (χ0) is 16.2. The summed E-state index contributed by atoms with van der Waals surface area (Å²) in [5.74, 6) is -1.41. The first kappa shape index (κ1) is 16.9. The van der Waals surface area contributed by atoms with Crippen LogP contribution in [0.1, 0.15) is 31.4 Å². The lowest BCUT2D eigenvalue weighted by molar-refractivity contribution is -0.297. The summed E-state index contributed by atoms with van der Waals surface area (Å²) in [6.45, 7) is 4.15. The minimum absolute atomic E-state index is 0.0469. The van der Waals surface area contributed by atoms with Crippen molar-refractivity contribution in [2.75, 3.05) is 13.2 Å². The Labute approximate surface area is 130 Å². The second-order valence-electron chi connectivity index (χ2n) is 6.18. The van der Waals surface area contributed by atoms with Crippen LogP contribution in [-0.2, 0) is 27.1 Å². The number of carboxylic acids is 1. The molecule has 1 heterocycles. The molecule has 0 aliphatic carbocycles. The summed E-state index contributed by atoms with van der Waals surface area (Å²) >= 11 is 0. The third-order valence-corrected chi connectivity index (χ3v) is 3.99. The first-order valence-electron chi connectivity index (χ1n) is 7.62. The maximum absolute atomic E-state index is 10.8. The van der Waals surface area contributed by atoms with E-state index < -0.39 is 11.8 Å². The molecule has 2 N–H and O–H groups in total. The molecule has 2 rings (SSSR count). The summed E-state index contributed by atoms with van der Waals surface area (Å²) in [5, 5.41) is 18.4. The number of rotatable bonds is 6. The second kappa shape index (κ2) is 7.22. The molecule has 0 spiro atoms. The third kappa shape index (κ3) is 4.53. The van der Waals surface area contributed by atoms with Crippen molar-refractivity contribution in [2.24, 2.45) is 5.92 Å². The molecule has 1 aliphatic heterocycles. The van der Waals surface area contributed by atoms with Gasteiger partial charge in [-0.05, 0) is 37.8 Å². The number of hydrogen-bond acceptors (Lipinski definition) is 4. The second-order valence-corrected chi connectivity index (χ2v) is 6.18. The molecule has 0 radical (unpaired) electrons. The fraction of sp³-hybridized carbons (Fsp3) is 0.588. The molecule has 1 fully saturated rings. The van der Waals surface area contributed by atoms with Crippen molar-refractivity contribution >= 4 is 5.97 Å². The van der Waals surface area contributed by atoms with Crippen LogP contribution in [0.5, 0.6) is 0 Å². The van der Waals surface area contributed by atoms with Crippen LogP contribution in [0.2, 0.25) is 0 Å². The Kier molecular flexibility index (Phi) is 5.56. The van der Waals surface area contributed by atoms with Crippen molar-refractivity contribution in [3.05, 3.63) is 35.4 Å². The molecule has 0 amide bonds. The fourth-order valence-electron chi connectivity index (χ4n) is 2.81. The summed E-state index contributed by atoms with van der Waals surface area (Å²) < 4.78 is 11.5. The van der Waals surface area contributed by atoms with Crippen LogP contribution in [0, 0.1) is 5.92 Å². The fourth-order valence-corrected chi connectivity index (χ4v) is 2.81. The zero-order valence-corrected chi connectivity index (χ0v) is 13.1. The topological polar surface area (TPSA) is 76.0 Å². The Morgan fingerprint density at radius 1 is 1.32 bits per heavy atom. The molecule has 5 heteroatoms. The average molecular weight is 308 g/mol. The van der Waals surface area contributed by atoms with Gasteiger partial charge in [0.1, 0.15) is 0 Å². The van der Waals surface area contributed by atoms with Gasteiger partial charge in [0.05, 0.1) is 19.3 Å². The standard InChI is InChI=1S/C17H24O5/c1-17(2)21-11-14(15(10-18)22-17)9-13-6-4-3-5-12(13)7-8-16(19)20/h3-6,14-15,18H,7-11H2,1-2H3,(H,19,20). The van der Waals surface area contributed by atoms with Gasteiger partial charge in [-0.2, -0.15) is 0 Å². The highest BCUT2D eigenvalue weighted by molar-refractivity contribution is 5.67. The molecule has 1 aliphatic rings. The number of aryl methyl sites for hydroxylation is 1. The number of carboxylic acid groups (broad SMARTS) is 1. The summed E-state index contributed by atoms with van der Waals surface area (Å²) in [6, 6.07) is 7.83. The van der Waals surface area contributed by atoms with E-state index in [2.05, 4.69) is 0 Å². The molecule has 2 unspecified atom stereocenters. The van der Waals surface area contributed by atoms with E-state index in [-0.39, 0.29) is 25.0 Å². The van der Waals surface area contributed by atoms with Crippen LogP contribution in [0.4, 0.5) is 0 Å². The molecule has 22 heavy (non-hydrogen) atoms. The maximum atomic E-state index is 10.8. The molecule has 5 nitrogen and oxygen atoms in total. The van der Waals surface area contributed by atoms with Crippen molar-refractivity contribution in [1.82, 2.24) is 0 Å². The highest BCUT2D eigenvalue weighted by Gasteiger charge is 2.36. The van der Waals surface area contributed by atoms with E-state index in [4.69, 9.17) is 14.6 Å². The van der Waals surface area contributed by atoms with Crippen LogP contribution in [0.15, 0.2) is 24.3 Å². The lowest BCUT2D eigenvalue weighted by Gasteiger charge is -2.40. The lowest BCUT2D eigenvalue weighted by atomic mass is 9.90. The van der Waals surface area contributed by atoms with E-state index in [0.29, 0.717) is 19.4 Å². The largest absolute Gasteiger partial charge is 0.481 e. The molecule has 1 aromatic carbocycles. The number of carbonyl (C=O) groups is 1. The van der Waals surface area contributed by atoms with E-state index in [0.717, 1.165) is 11.1 Å². The Bertz CT molecular complexity index is 512. The van der Waals surface area contributed by atoms with Crippen LogP contribution >= 0.6 is 0 Å². The molecule has 2 atom stereocenters. The van der Waals surface area contributed by atoms with Gasteiger partial charge in [0.15, 0.2) is 5.79 Å².